The number of hydrogen-bond donors (Lipinski definition) is 1. The second-order valence-electron chi connectivity index (χ2n) is 8.39. The predicted molar refractivity (Wildman–Crippen MR) is 139 cm³/mol. The summed E-state index contributed by atoms with van der Waals surface area (Å²) in [5.74, 6) is 0. The molecule has 10 heteroatoms. The van der Waals surface area contributed by atoms with Gasteiger partial charge in [-0.2, -0.15) is 4.98 Å². The van der Waals surface area contributed by atoms with Crippen LogP contribution >= 0.6 is 23.4 Å². The lowest BCUT2D eigenvalue weighted by atomic mass is 10.2. The summed E-state index contributed by atoms with van der Waals surface area (Å²) in [6.45, 7) is 3.27. The molecule has 0 saturated heterocycles. The van der Waals surface area contributed by atoms with Crippen molar-refractivity contribution in [3.8, 4) is 0 Å². The number of imidazole rings is 1. The summed E-state index contributed by atoms with van der Waals surface area (Å²) in [5.41, 5.74) is 2.30. The largest absolute Gasteiger partial charge is 0.338 e. The smallest absolute Gasteiger partial charge is 0.332 e. The first-order valence-corrected chi connectivity index (χ1v) is 12.0. The van der Waals surface area contributed by atoms with Crippen molar-refractivity contribution in [2.45, 2.75) is 22.8 Å². The van der Waals surface area contributed by atoms with E-state index in [1.54, 1.807) is 0 Å². The lowest BCUT2D eigenvalue weighted by Crippen LogP contribution is -2.37. The van der Waals surface area contributed by atoms with Crippen molar-refractivity contribution >= 4 is 45.9 Å². The third-order valence-electron chi connectivity index (χ3n) is 5.93. The SMILES string of the molecule is CC(CN1c2ccccc2Sc2ccccc21)N(C)C.Cn1c(=O)c2[nH]c(Cl)nc2n(C)c1=O. The fraction of sp³-hybridized carbons (Fsp3) is 0.292. The van der Waals surface area contributed by atoms with Gasteiger partial charge in [-0.25, -0.2) is 4.79 Å². The number of nitrogens with zero attached hydrogens (tertiary/aromatic N) is 5. The highest BCUT2D eigenvalue weighted by molar-refractivity contribution is 7.99. The maximum absolute atomic E-state index is 11.5. The van der Waals surface area contributed by atoms with Gasteiger partial charge in [-0.3, -0.25) is 13.9 Å². The van der Waals surface area contributed by atoms with E-state index >= 15 is 0 Å². The van der Waals surface area contributed by atoms with Gasteiger partial charge in [0.15, 0.2) is 11.2 Å². The number of aromatic nitrogens is 4. The lowest BCUT2D eigenvalue weighted by molar-refractivity contribution is 0.319. The number of hydrogen-bond acceptors (Lipinski definition) is 6. The first-order valence-electron chi connectivity index (χ1n) is 10.8. The predicted octanol–water partition coefficient (Wildman–Crippen LogP) is 3.85. The minimum Gasteiger partial charge on any atom is -0.338 e. The van der Waals surface area contributed by atoms with Crippen LogP contribution in [0.5, 0.6) is 0 Å². The van der Waals surface area contributed by atoms with Crippen molar-refractivity contribution < 1.29 is 0 Å². The number of likely N-dealkylation sites (N-methyl/N-ethyl adjacent to an activating group) is 1. The minimum atomic E-state index is -0.428. The quantitative estimate of drug-likeness (QED) is 0.432. The first-order chi connectivity index (χ1) is 16.2. The Balaban J connectivity index is 0.000000172. The van der Waals surface area contributed by atoms with E-state index in [1.807, 2.05) is 11.8 Å². The molecule has 3 heterocycles. The van der Waals surface area contributed by atoms with E-state index in [-0.39, 0.29) is 16.4 Å². The molecule has 0 fully saturated rings. The molecule has 4 aromatic rings. The standard InChI is InChI=1S/C17H20N2S.C7H7ClN4O2/c1-13(18(2)3)12-19-14-8-4-6-10-16(14)20-17-11-7-5-9-15(17)19;1-11-4-3(9-6(8)10-4)5(13)12(2)7(11)14/h4-11,13H,12H2,1-3H3;1-2H3,(H,9,10). The molecular weight excluding hydrogens is 472 g/mol. The second kappa shape index (κ2) is 9.69. The Bertz CT molecular complexity index is 1410. The Morgan fingerprint density at radius 2 is 1.56 bits per heavy atom. The van der Waals surface area contributed by atoms with Crippen LogP contribution in [0.1, 0.15) is 6.92 Å². The molecule has 0 amide bonds. The van der Waals surface area contributed by atoms with Crippen LogP contribution in [0.2, 0.25) is 5.28 Å². The van der Waals surface area contributed by atoms with Crippen molar-refractivity contribution in [1.29, 1.82) is 0 Å². The zero-order chi connectivity index (χ0) is 24.6. The maximum Gasteiger partial charge on any atom is 0.332 e. The number of para-hydroxylation sites is 2. The van der Waals surface area contributed by atoms with Crippen molar-refractivity contribution in [2.24, 2.45) is 14.1 Å². The van der Waals surface area contributed by atoms with Gasteiger partial charge < -0.3 is 14.8 Å². The number of halogens is 1. The zero-order valence-electron chi connectivity index (χ0n) is 19.7. The van der Waals surface area contributed by atoms with Crippen LogP contribution in [-0.4, -0.2) is 50.7 Å². The van der Waals surface area contributed by atoms with Crippen LogP contribution in [0.25, 0.3) is 11.2 Å². The summed E-state index contributed by atoms with van der Waals surface area (Å²) in [6.07, 6.45) is 0. The summed E-state index contributed by atoms with van der Waals surface area (Å²) in [6, 6.07) is 17.9. The second-order valence-corrected chi connectivity index (χ2v) is 9.83. The monoisotopic (exact) mass is 498 g/mol. The van der Waals surface area contributed by atoms with Crippen LogP contribution in [0.15, 0.2) is 67.9 Å². The van der Waals surface area contributed by atoms with Gasteiger partial charge in [0, 0.05) is 36.5 Å². The van der Waals surface area contributed by atoms with Gasteiger partial charge in [0.25, 0.3) is 5.56 Å². The minimum absolute atomic E-state index is 0.0956. The molecule has 0 radical (unpaired) electrons. The van der Waals surface area contributed by atoms with Gasteiger partial charge in [-0.15, -0.1) is 0 Å². The average Bonchev–Trinajstić information content (AvgIpc) is 3.23. The molecule has 0 spiro atoms. The Kier molecular flexibility index (Phi) is 6.88. The van der Waals surface area contributed by atoms with Crippen molar-refractivity contribution in [2.75, 3.05) is 25.5 Å². The molecule has 2 aromatic heterocycles. The van der Waals surface area contributed by atoms with E-state index in [4.69, 9.17) is 11.6 Å². The number of H-pyrrole nitrogens is 1. The van der Waals surface area contributed by atoms with Gasteiger partial charge >= 0.3 is 5.69 Å². The van der Waals surface area contributed by atoms with Crippen molar-refractivity contribution in [1.82, 2.24) is 24.0 Å². The van der Waals surface area contributed by atoms with Gasteiger partial charge in [-0.1, -0.05) is 36.0 Å². The van der Waals surface area contributed by atoms with Crippen LogP contribution in [0.4, 0.5) is 11.4 Å². The van der Waals surface area contributed by atoms with E-state index in [0.717, 1.165) is 11.1 Å². The van der Waals surface area contributed by atoms with Crippen LogP contribution in [-0.2, 0) is 14.1 Å². The zero-order valence-corrected chi connectivity index (χ0v) is 21.3. The number of rotatable bonds is 3. The topological polar surface area (TPSA) is 79.2 Å². The number of nitrogens with one attached hydrogen (secondary N) is 1. The molecule has 34 heavy (non-hydrogen) atoms. The number of aromatic amines is 1. The third kappa shape index (κ3) is 4.51. The Morgan fingerprint density at radius 1 is 1.00 bits per heavy atom. The Labute approximate surface area is 206 Å². The summed E-state index contributed by atoms with van der Waals surface area (Å²) in [5, 5.41) is 0.0956. The summed E-state index contributed by atoms with van der Waals surface area (Å²) in [7, 11) is 7.21. The van der Waals surface area contributed by atoms with Crippen LogP contribution in [0.3, 0.4) is 0 Å². The molecule has 178 valence electrons. The average molecular weight is 499 g/mol. The molecule has 1 unspecified atom stereocenters. The number of benzene rings is 2. The summed E-state index contributed by atoms with van der Waals surface area (Å²) >= 11 is 7.47. The van der Waals surface area contributed by atoms with Crippen molar-refractivity contribution in [3.63, 3.8) is 0 Å². The highest BCUT2D eigenvalue weighted by atomic mass is 35.5. The van der Waals surface area contributed by atoms with Crippen LogP contribution in [0, 0.1) is 0 Å². The van der Waals surface area contributed by atoms with E-state index in [2.05, 4.69) is 89.3 Å². The summed E-state index contributed by atoms with van der Waals surface area (Å²) < 4.78 is 2.26. The molecule has 0 aliphatic carbocycles. The molecule has 1 aliphatic rings. The summed E-state index contributed by atoms with van der Waals surface area (Å²) in [4.78, 5) is 36.8. The lowest BCUT2D eigenvalue weighted by Gasteiger charge is -2.36. The molecular formula is C24H27ClN6O2S. The Hall–Kier alpha value is -3.01. The van der Waals surface area contributed by atoms with Gasteiger partial charge in [0.1, 0.15) is 0 Å². The normalized spacial score (nSPS) is 13.3. The molecule has 0 bridgehead atoms. The molecule has 0 saturated carbocycles. The maximum atomic E-state index is 11.5. The van der Waals surface area contributed by atoms with Gasteiger partial charge in [-0.05, 0) is 56.9 Å². The van der Waals surface area contributed by atoms with Crippen molar-refractivity contribution in [3.05, 3.63) is 74.7 Å². The fourth-order valence-corrected chi connectivity index (χ4v) is 4.97. The number of anilines is 2. The molecule has 2 aromatic carbocycles. The van der Waals surface area contributed by atoms with Gasteiger partial charge in [0.05, 0.1) is 11.4 Å². The number of aryl methyl sites for hydroxylation is 1. The molecule has 5 rings (SSSR count). The highest BCUT2D eigenvalue weighted by Gasteiger charge is 2.24. The van der Waals surface area contributed by atoms with E-state index in [1.165, 1.54) is 39.8 Å². The van der Waals surface area contributed by atoms with E-state index in [9.17, 15) is 9.59 Å². The fourth-order valence-electron chi connectivity index (χ4n) is 3.70. The van der Waals surface area contributed by atoms with Gasteiger partial charge in [0.2, 0.25) is 5.28 Å². The third-order valence-corrected chi connectivity index (χ3v) is 7.24. The van der Waals surface area contributed by atoms with E-state index in [0.29, 0.717) is 6.04 Å². The highest BCUT2D eigenvalue weighted by Crippen LogP contribution is 2.47. The van der Waals surface area contributed by atoms with Crippen LogP contribution < -0.4 is 16.1 Å². The molecule has 8 nitrogen and oxygen atoms in total. The molecule has 1 aliphatic heterocycles. The Morgan fingerprint density at radius 3 is 2.12 bits per heavy atom. The molecule has 1 atom stereocenters. The number of fused-ring (bicyclic) bond motifs is 3. The van der Waals surface area contributed by atoms with E-state index < -0.39 is 11.2 Å². The first kappa shape index (κ1) is 24.1. The molecule has 1 N–H and O–H groups in total.